The van der Waals surface area contributed by atoms with E-state index in [0.717, 1.165) is 10.4 Å². The molecule has 1 aliphatic heterocycles. The van der Waals surface area contributed by atoms with Crippen molar-refractivity contribution >= 4 is 67.2 Å². The predicted molar refractivity (Wildman–Crippen MR) is 363 cm³/mol. The molecule has 512 valence electrons. The van der Waals surface area contributed by atoms with Gasteiger partial charge < -0.3 is 66.0 Å². The zero-order chi connectivity index (χ0) is 69.3. The Morgan fingerprint density at radius 3 is 1.67 bits per heavy atom. The summed E-state index contributed by atoms with van der Waals surface area (Å²) in [5.74, 6) is -8.78. The highest BCUT2D eigenvalue weighted by molar-refractivity contribution is 6.99. The van der Waals surface area contributed by atoms with E-state index in [0.29, 0.717) is 11.6 Å². The van der Waals surface area contributed by atoms with Gasteiger partial charge >= 0.3 is 23.9 Å². The Balaban J connectivity index is 1.72. The molecule has 0 radical (unpaired) electrons. The molecule has 0 unspecified atom stereocenters. The molecule has 5 rings (SSSR count). The SMILES string of the molecule is C=CCOC(=O)[C@@H]([C@H](OC(C)=O)[C@H](C)[C@@H](OC(C)=O)[C@@H](C)/C=C(\C)C(=O)c1c(OCOC)c(C)c(OCC=C)c2c(OCOC)c(C(=O)OCC[Si](C)(C)C)c(C)c(OCOC)c12)[C@@H]1OC(C)(C)O[C@H]([C@H](C)CO[Si](c2ccccc2)(c2ccccc2)C(C)(C)C)[C@H]1C. The summed E-state index contributed by atoms with van der Waals surface area (Å²) < 4.78 is 87.6. The first-order valence-electron chi connectivity index (χ1n) is 31.7. The van der Waals surface area contributed by atoms with Gasteiger partial charge in [-0.25, -0.2) is 4.79 Å². The Morgan fingerprint density at radius 2 is 1.16 bits per heavy atom. The number of benzene rings is 4. The van der Waals surface area contributed by atoms with Gasteiger partial charge in [-0.3, -0.25) is 19.2 Å². The second kappa shape index (κ2) is 34.1. The van der Waals surface area contributed by atoms with Crippen LogP contribution in [-0.4, -0.2) is 144 Å². The second-order valence-corrected chi connectivity index (χ2v) is 36.6. The minimum Gasteiger partial charge on any atom is -0.488 e. The predicted octanol–water partition coefficient (Wildman–Crippen LogP) is 12.4. The highest BCUT2D eigenvalue weighted by Crippen LogP contribution is 2.53. The van der Waals surface area contributed by atoms with E-state index < -0.39 is 99.9 Å². The number of ketones is 1. The van der Waals surface area contributed by atoms with E-state index in [1.165, 1.54) is 47.3 Å². The highest BCUT2D eigenvalue weighted by atomic mass is 28.4. The molecule has 0 saturated carbocycles. The van der Waals surface area contributed by atoms with E-state index in [1.807, 2.05) is 43.3 Å². The molecule has 0 aliphatic carbocycles. The number of methoxy groups -OCH3 is 3. The molecular weight excluding hydrogens is 1220 g/mol. The number of carbonyl (C=O) groups is 5. The van der Waals surface area contributed by atoms with Crippen LogP contribution in [0, 0.1) is 43.4 Å². The molecular formula is C72H102O19Si2. The van der Waals surface area contributed by atoms with Crippen molar-refractivity contribution in [2.75, 3.05) is 68.1 Å². The van der Waals surface area contributed by atoms with Crippen molar-refractivity contribution in [3.05, 3.63) is 120 Å². The monoisotopic (exact) mass is 1330 g/mol. The van der Waals surface area contributed by atoms with Crippen LogP contribution in [-0.2, 0) is 61.4 Å². The smallest absolute Gasteiger partial charge is 0.342 e. The summed E-state index contributed by atoms with van der Waals surface area (Å²) >= 11 is 0. The van der Waals surface area contributed by atoms with Gasteiger partial charge in [0.25, 0.3) is 8.32 Å². The number of rotatable bonds is 35. The van der Waals surface area contributed by atoms with Crippen LogP contribution < -0.4 is 29.3 Å². The van der Waals surface area contributed by atoms with Crippen molar-refractivity contribution in [3.63, 3.8) is 0 Å². The third kappa shape index (κ3) is 18.8. The van der Waals surface area contributed by atoms with Gasteiger partial charge in [-0.15, -0.1) is 0 Å². The van der Waals surface area contributed by atoms with Crippen molar-refractivity contribution in [3.8, 4) is 23.0 Å². The van der Waals surface area contributed by atoms with Crippen molar-refractivity contribution in [2.45, 2.75) is 158 Å². The van der Waals surface area contributed by atoms with Gasteiger partial charge in [0.15, 0.2) is 31.9 Å². The molecule has 4 aromatic rings. The number of fused-ring (bicyclic) bond motifs is 1. The third-order valence-corrected chi connectivity index (χ3v) is 23.3. The number of Topliss-reactive ketones (excluding diaryl/α,β-unsaturated/α-hetero) is 1. The summed E-state index contributed by atoms with van der Waals surface area (Å²) in [6.07, 6.45) is 0.347. The van der Waals surface area contributed by atoms with Gasteiger partial charge in [0.2, 0.25) is 0 Å². The lowest BCUT2D eigenvalue weighted by Crippen LogP contribution is -2.67. The number of hydrogen-bond acceptors (Lipinski definition) is 19. The molecule has 19 nitrogen and oxygen atoms in total. The number of ether oxygens (including phenoxy) is 13. The average Bonchev–Trinajstić information content (AvgIpc) is 0.728. The number of hydrogen-bond donors (Lipinski definition) is 0. The Hall–Kier alpha value is -6.70. The van der Waals surface area contributed by atoms with Crippen molar-refractivity contribution in [1.82, 2.24) is 0 Å². The van der Waals surface area contributed by atoms with E-state index in [4.69, 9.17) is 66.0 Å². The topological polar surface area (TPSA) is 215 Å². The van der Waals surface area contributed by atoms with E-state index in [2.05, 4.69) is 84.8 Å². The van der Waals surface area contributed by atoms with E-state index in [1.54, 1.807) is 54.5 Å². The Kier molecular flexibility index (Phi) is 28.3. The maximum Gasteiger partial charge on any atom is 0.342 e. The molecule has 0 N–H and O–H groups in total. The van der Waals surface area contributed by atoms with Gasteiger partial charge in [0.1, 0.15) is 59.9 Å². The Bertz CT molecular complexity index is 3200. The van der Waals surface area contributed by atoms with Crippen LogP contribution in [0.4, 0.5) is 0 Å². The van der Waals surface area contributed by atoms with Crippen LogP contribution in [0.15, 0.2) is 97.6 Å². The average molecular weight is 1330 g/mol. The summed E-state index contributed by atoms with van der Waals surface area (Å²) in [4.78, 5) is 72.8. The van der Waals surface area contributed by atoms with E-state index >= 15 is 9.59 Å². The molecule has 93 heavy (non-hydrogen) atoms. The molecule has 1 fully saturated rings. The lowest BCUT2D eigenvalue weighted by atomic mass is 9.75. The summed E-state index contributed by atoms with van der Waals surface area (Å²) in [5, 5.41) is 2.16. The van der Waals surface area contributed by atoms with Crippen LogP contribution in [0.5, 0.6) is 23.0 Å². The quantitative estimate of drug-likeness (QED) is 0.00796. The third-order valence-electron chi connectivity index (χ3n) is 16.6. The minimum absolute atomic E-state index is 0.00404. The molecule has 21 heteroatoms. The molecule has 0 aromatic heterocycles. The van der Waals surface area contributed by atoms with Crippen molar-refractivity contribution in [2.24, 2.45) is 29.6 Å². The maximum absolute atomic E-state index is 16.0. The van der Waals surface area contributed by atoms with Crippen LogP contribution in [0.2, 0.25) is 30.7 Å². The normalized spacial score (nSPS) is 18.0. The first-order chi connectivity index (χ1) is 43.8. The molecule has 4 aromatic carbocycles. The molecule has 0 amide bonds. The molecule has 9 atom stereocenters. The molecule has 1 saturated heterocycles. The summed E-state index contributed by atoms with van der Waals surface area (Å²) in [6.45, 7) is 38.3. The zero-order valence-electron chi connectivity index (χ0n) is 58.5. The molecule has 1 aliphatic rings. The lowest BCUT2D eigenvalue weighted by Gasteiger charge is -2.51. The maximum atomic E-state index is 16.0. The van der Waals surface area contributed by atoms with Gasteiger partial charge in [-0.2, -0.15) is 0 Å². The van der Waals surface area contributed by atoms with Gasteiger partial charge in [0, 0.05) is 90.0 Å². The van der Waals surface area contributed by atoms with E-state index in [9.17, 15) is 14.4 Å². The highest BCUT2D eigenvalue weighted by Gasteiger charge is 2.55. The zero-order valence-corrected chi connectivity index (χ0v) is 60.5. The molecule has 1 heterocycles. The minimum atomic E-state index is -3.04. The van der Waals surface area contributed by atoms with Gasteiger partial charge in [-0.05, 0) is 61.6 Å². The number of allylic oxidation sites excluding steroid dienone is 1. The lowest BCUT2D eigenvalue weighted by molar-refractivity contribution is -0.339. The summed E-state index contributed by atoms with van der Waals surface area (Å²) in [7, 11) is -0.434. The largest absolute Gasteiger partial charge is 0.488 e. The van der Waals surface area contributed by atoms with Crippen molar-refractivity contribution in [1.29, 1.82) is 0 Å². The number of carbonyl (C=O) groups excluding carboxylic acids is 5. The first-order valence-corrected chi connectivity index (χ1v) is 37.3. The second-order valence-electron chi connectivity index (χ2n) is 26.6. The fourth-order valence-electron chi connectivity index (χ4n) is 12.5. The fraction of sp³-hybridized carbons (Fsp3) is 0.542. The van der Waals surface area contributed by atoms with Crippen LogP contribution >= 0.6 is 0 Å². The summed E-state index contributed by atoms with van der Waals surface area (Å²) in [5.41, 5.74) is 0.617. The first kappa shape index (κ1) is 77.0. The Morgan fingerprint density at radius 1 is 0.656 bits per heavy atom. The fourth-order valence-corrected chi connectivity index (χ4v) is 17.9. The van der Waals surface area contributed by atoms with Crippen LogP contribution in [0.3, 0.4) is 0 Å². The van der Waals surface area contributed by atoms with E-state index in [-0.39, 0.29) is 114 Å². The molecule has 0 spiro atoms. The van der Waals surface area contributed by atoms with Gasteiger partial charge in [-0.1, -0.05) is 160 Å². The molecule has 0 bridgehead atoms. The standard InChI is InChI=1S/C72H102O19Si2/c1-23-35-81-65-50(9)64(85-42-79-18)57(56-58(65)68(86-43-80-19)55(47(6)63(56)84-41-78-17)69(76)83-37-38-92(20,21)22)60(75)44(3)39-45(4)61(88-51(10)73)48(7)66(89-52(11)74)59(70(77)82-36-24-2)67-49(8)62(90-72(15,16)91-67)46(5)40-87-93(71(12,13)14,53-31-27-25-28-32-53)54-33-29-26-30-34-54/h23-34,39,45-46,48-49,59,61-62,66-67H,1-2,35-38,40-43H2,3-22H3/b44-39+/t45-,46+,48+,49+,59-,61-,62+,66+,67+/m0/s1. The number of esters is 4. The Labute approximate surface area is 553 Å². The van der Waals surface area contributed by atoms with Gasteiger partial charge in [0.05, 0.1) is 29.8 Å². The summed E-state index contributed by atoms with van der Waals surface area (Å²) in [6, 6.07) is 21.3. The van der Waals surface area contributed by atoms with Crippen LogP contribution in [0.1, 0.15) is 115 Å². The van der Waals surface area contributed by atoms with Crippen molar-refractivity contribution < 1.29 is 90.0 Å². The van der Waals surface area contributed by atoms with Crippen LogP contribution in [0.25, 0.3) is 10.8 Å².